The van der Waals surface area contributed by atoms with Gasteiger partial charge in [-0.15, -0.1) is 0 Å². The normalized spacial score (nSPS) is 15.4. The Bertz CT molecular complexity index is 765. The number of hydrogen-bond acceptors (Lipinski definition) is 3. The number of carbonyl (C=O) groups is 2. The second-order valence-electron chi connectivity index (χ2n) is 6.51. The van der Waals surface area contributed by atoms with E-state index in [0.29, 0.717) is 16.9 Å². The number of carbonyl (C=O) groups excluding carboxylic acids is 2. The van der Waals surface area contributed by atoms with Crippen molar-refractivity contribution < 1.29 is 18.7 Å². The van der Waals surface area contributed by atoms with Gasteiger partial charge in [0.1, 0.15) is 11.6 Å². The second-order valence-corrected chi connectivity index (χ2v) is 6.51. The van der Waals surface area contributed by atoms with Gasteiger partial charge < -0.3 is 9.64 Å². The van der Waals surface area contributed by atoms with Crippen molar-refractivity contribution in [3.05, 3.63) is 65.5 Å². The van der Waals surface area contributed by atoms with Gasteiger partial charge in [-0.3, -0.25) is 9.59 Å². The summed E-state index contributed by atoms with van der Waals surface area (Å²) in [4.78, 5) is 26.6. The van der Waals surface area contributed by atoms with E-state index in [-0.39, 0.29) is 17.5 Å². The number of hydrogen-bond donors (Lipinski definition) is 0. The average molecular weight is 355 g/mol. The monoisotopic (exact) mass is 355 g/mol. The van der Waals surface area contributed by atoms with Gasteiger partial charge in [-0.2, -0.15) is 0 Å². The molecule has 2 aromatic rings. The Kier molecular flexibility index (Phi) is 5.66. The van der Waals surface area contributed by atoms with Crippen LogP contribution in [0.4, 0.5) is 4.39 Å². The molecule has 1 aliphatic rings. The summed E-state index contributed by atoms with van der Waals surface area (Å²) in [5.74, 6) is -0.0265. The first-order chi connectivity index (χ1) is 12.5. The maximum Gasteiger partial charge on any atom is 0.263 e. The first kappa shape index (κ1) is 18.1. The van der Waals surface area contributed by atoms with Crippen molar-refractivity contribution in [1.29, 1.82) is 0 Å². The highest BCUT2D eigenvalue weighted by Crippen LogP contribution is 2.18. The van der Waals surface area contributed by atoms with Gasteiger partial charge in [-0.25, -0.2) is 4.39 Å². The molecule has 5 heteroatoms. The van der Waals surface area contributed by atoms with E-state index >= 15 is 0 Å². The van der Waals surface area contributed by atoms with Gasteiger partial charge in [0.05, 0.1) is 0 Å². The number of benzene rings is 2. The predicted octanol–water partition coefficient (Wildman–Crippen LogP) is 3.84. The fourth-order valence-electron chi connectivity index (χ4n) is 3.08. The number of rotatable bonds is 5. The highest BCUT2D eigenvalue weighted by molar-refractivity contribution is 6.09. The van der Waals surface area contributed by atoms with Crippen LogP contribution in [0.15, 0.2) is 48.5 Å². The summed E-state index contributed by atoms with van der Waals surface area (Å²) >= 11 is 0. The van der Waals surface area contributed by atoms with Crippen LogP contribution in [0.25, 0.3) is 0 Å². The Morgan fingerprint density at radius 1 is 0.923 bits per heavy atom. The highest BCUT2D eigenvalue weighted by atomic mass is 19.1. The van der Waals surface area contributed by atoms with E-state index in [9.17, 15) is 14.0 Å². The van der Waals surface area contributed by atoms with E-state index in [1.807, 2.05) is 4.90 Å². The van der Waals surface area contributed by atoms with Crippen molar-refractivity contribution in [2.24, 2.45) is 0 Å². The number of halogens is 1. The van der Waals surface area contributed by atoms with E-state index in [1.54, 1.807) is 31.2 Å². The van der Waals surface area contributed by atoms with Crippen LogP contribution in [-0.4, -0.2) is 35.8 Å². The molecule has 1 aliphatic heterocycles. The SMILES string of the molecule is C[C@@H](Oc1ccc(C(=O)c2ccc(F)cc2)cc1)C(=O)N1CCCCC1. The molecule has 0 aromatic heterocycles. The predicted molar refractivity (Wildman–Crippen MR) is 96.8 cm³/mol. The van der Waals surface area contributed by atoms with Gasteiger partial charge in [0.15, 0.2) is 11.9 Å². The molecule has 0 aliphatic carbocycles. The molecule has 1 saturated heterocycles. The Morgan fingerprint density at radius 2 is 1.46 bits per heavy atom. The van der Waals surface area contributed by atoms with Crippen molar-refractivity contribution in [3.63, 3.8) is 0 Å². The molecular weight excluding hydrogens is 333 g/mol. The quantitative estimate of drug-likeness (QED) is 0.766. The summed E-state index contributed by atoms with van der Waals surface area (Å²) in [7, 11) is 0. The Morgan fingerprint density at radius 3 is 2.04 bits per heavy atom. The van der Waals surface area contributed by atoms with Gasteiger partial charge in [0.2, 0.25) is 0 Å². The molecule has 1 heterocycles. The number of ketones is 1. The van der Waals surface area contributed by atoms with Crippen molar-refractivity contribution in [2.75, 3.05) is 13.1 Å². The van der Waals surface area contributed by atoms with Crippen LogP contribution >= 0.6 is 0 Å². The molecule has 1 fully saturated rings. The fraction of sp³-hybridized carbons (Fsp3) is 0.333. The first-order valence-electron chi connectivity index (χ1n) is 8.90. The summed E-state index contributed by atoms with van der Waals surface area (Å²) in [6, 6.07) is 12.1. The first-order valence-corrected chi connectivity index (χ1v) is 8.90. The summed E-state index contributed by atoms with van der Waals surface area (Å²) in [6.07, 6.45) is 2.69. The van der Waals surface area contributed by atoms with E-state index in [0.717, 1.165) is 25.9 Å². The average Bonchev–Trinajstić information content (AvgIpc) is 2.68. The fourth-order valence-corrected chi connectivity index (χ4v) is 3.08. The summed E-state index contributed by atoms with van der Waals surface area (Å²) in [6.45, 7) is 3.32. The van der Waals surface area contributed by atoms with Crippen LogP contribution in [0.1, 0.15) is 42.1 Å². The molecule has 136 valence electrons. The van der Waals surface area contributed by atoms with E-state index in [2.05, 4.69) is 0 Å². The third kappa shape index (κ3) is 4.28. The smallest absolute Gasteiger partial charge is 0.263 e. The maximum atomic E-state index is 13.0. The lowest BCUT2D eigenvalue weighted by Gasteiger charge is -2.29. The summed E-state index contributed by atoms with van der Waals surface area (Å²) < 4.78 is 18.7. The zero-order valence-electron chi connectivity index (χ0n) is 14.8. The molecule has 4 nitrogen and oxygen atoms in total. The lowest BCUT2D eigenvalue weighted by Crippen LogP contribution is -2.43. The lowest BCUT2D eigenvalue weighted by atomic mass is 10.0. The van der Waals surface area contributed by atoms with Crippen molar-refractivity contribution in [1.82, 2.24) is 4.90 Å². The van der Waals surface area contributed by atoms with E-state index in [4.69, 9.17) is 4.74 Å². The molecule has 1 amide bonds. The van der Waals surface area contributed by atoms with E-state index < -0.39 is 6.10 Å². The minimum Gasteiger partial charge on any atom is -0.481 e. The topological polar surface area (TPSA) is 46.6 Å². The van der Waals surface area contributed by atoms with Crippen molar-refractivity contribution in [2.45, 2.75) is 32.3 Å². The van der Waals surface area contributed by atoms with Gasteiger partial charge in [0.25, 0.3) is 5.91 Å². The number of amides is 1. The van der Waals surface area contributed by atoms with Gasteiger partial charge in [-0.05, 0) is 74.7 Å². The third-order valence-corrected chi connectivity index (χ3v) is 4.55. The molecular formula is C21H22FNO3. The Labute approximate surface area is 152 Å². The van der Waals surface area contributed by atoms with Crippen LogP contribution in [0, 0.1) is 5.82 Å². The van der Waals surface area contributed by atoms with Gasteiger partial charge >= 0.3 is 0 Å². The second kappa shape index (κ2) is 8.13. The minimum atomic E-state index is -0.563. The Balaban J connectivity index is 1.62. The molecule has 26 heavy (non-hydrogen) atoms. The summed E-state index contributed by atoms with van der Waals surface area (Å²) in [5, 5.41) is 0. The van der Waals surface area contributed by atoms with Crippen molar-refractivity contribution >= 4 is 11.7 Å². The van der Waals surface area contributed by atoms with E-state index in [1.165, 1.54) is 30.7 Å². The molecule has 2 aromatic carbocycles. The molecule has 1 atom stereocenters. The molecule has 0 unspecified atom stereocenters. The van der Waals surface area contributed by atoms with Gasteiger partial charge in [-0.1, -0.05) is 0 Å². The number of likely N-dealkylation sites (tertiary alicyclic amines) is 1. The summed E-state index contributed by atoms with van der Waals surface area (Å²) in [5.41, 5.74) is 0.910. The number of ether oxygens (including phenoxy) is 1. The van der Waals surface area contributed by atoms with Crippen LogP contribution in [0.5, 0.6) is 5.75 Å². The van der Waals surface area contributed by atoms with Crippen LogP contribution in [-0.2, 0) is 4.79 Å². The maximum absolute atomic E-state index is 13.0. The lowest BCUT2D eigenvalue weighted by molar-refractivity contribution is -0.138. The van der Waals surface area contributed by atoms with Crippen LogP contribution in [0.2, 0.25) is 0 Å². The van der Waals surface area contributed by atoms with Crippen molar-refractivity contribution in [3.8, 4) is 5.75 Å². The third-order valence-electron chi connectivity index (χ3n) is 4.55. The van der Waals surface area contributed by atoms with Crippen LogP contribution < -0.4 is 4.74 Å². The molecule has 0 saturated carbocycles. The zero-order chi connectivity index (χ0) is 18.5. The van der Waals surface area contributed by atoms with Gasteiger partial charge in [0, 0.05) is 24.2 Å². The number of nitrogens with zero attached hydrogens (tertiary/aromatic N) is 1. The molecule has 3 rings (SSSR count). The molecule has 0 radical (unpaired) electrons. The van der Waals surface area contributed by atoms with Crippen LogP contribution in [0.3, 0.4) is 0 Å². The molecule has 0 spiro atoms. The highest BCUT2D eigenvalue weighted by Gasteiger charge is 2.23. The molecule has 0 bridgehead atoms. The molecule has 0 N–H and O–H groups in total. The largest absolute Gasteiger partial charge is 0.481 e. The number of piperidine rings is 1. The Hall–Kier alpha value is -2.69. The standard InChI is InChI=1S/C21H22FNO3/c1-15(21(25)23-13-3-2-4-14-23)26-19-11-7-17(8-12-19)20(24)16-5-9-18(22)10-6-16/h5-12,15H,2-4,13-14H2,1H3/t15-/m1/s1. The zero-order valence-corrected chi connectivity index (χ0v) is 14.8. The minimum absolute atomic E-state index is 0.00355.